The summed E-state index contributed by atoms with van der Waals surface area (Å²) in [4.78, 5) is 0. The van der Waals surface area contributed by atoms with Crippen LogP contribution in [0.3, 0.4) is 0 Å². The van der Waals surface area contributed by atoms with Gasteiger partial charge in [-0.1, -0.05) is 76.8 Å². The van der Waals surface area contributed by atoms with E-state index in [2.05, 4.69) is 32.0 Å². The van der Waals surface area contributed by atoms with E-state index in [1.807, 2.05) is 0 Å². The molecule has 0 aliphatic carbocycles. The number of aliphatic hydroxyl groups is 1. The third-order valence-corrected chi connectivity index (χ3v) is 7.38. The lowest BCUT2D eigenvalue weighted by Crippen LogP contribution is -2.15. The molecule has 0 aromatic heterocycles. The molecule has 47 heavy (non-hydrogen) atoms. The fourth-order valence-electron chi connectivity index (χ4n) is 4.76. The third-order valence-electron chi connectivity index (χ3n) is 7.38. The van der Waals surface area contributed by atoms with Crippen molar-refractivity contribution in [1.29, 1.82) is 0 Å². The second-order valence-corrected chi connectivity index (χ2v) is 11.5. The van der Waals surface area contributed by atoms with Crippen molar-refractivity contribution in [2.75, 3.05) is 119 Å². The minimum Gasteiger partial charge on any atom is -0.491 e. The van der Waals surface area contributed by atoms with E-state index in [0.717, 1.165) is 12.2 Å². The van der Waals surface area contributed by atoms with Gasteiger partial charge in [-0.3, -0.25) is 0 Å². The number of hydrogen-bond donors (Lipinski definition) is 1. The van der Waals surface area contributed by atoms with Crippen molar-refractivity contribution in [3.05, 3.63) is 29.3 Å². The maximum absolute atomic E-state index is 8.59. The minimum absolute atomic E-state index is 0.0297. The quantitative estimate of drug-likeness (QED) is 0.0847. The van der Waals surface area contributed by atoms with Gasteiger partial charge < -0.3 is 47.7 Å². The average Bonchev–Trinajstić information content (AvgIpc) is 3.08. The Labute approximate surface area is 286 Å². The summed E-state index contributed by atoms with van der Waals surface area (Å²) in [6.45, 7) is 13.0. The molecule has 0 heterocycles. The summed E-state index contributed by atoms with van der Waals surface area (Å²) in [7, 11) is 0. The van der Waals surface area contributed by atoms with Gasteiger partial charge in [0.15, 0.2) is 0 Å². The molecule has 0 spiro atoms. The average molecular weight is 673 g/mol. The molecule has 0 saturated carbocycles. The standard InChI is InChI=1S/C37H68O10/c1-3-4-5-6-7-8-9-10-11-12-13-36-14-15-37(35(2)34-36)47-33-32-46-31-30-45-29-28-44-27-26-43-25-24-42-23-22-41-21-20-40-19-18-39-17-16-38/h14-15,34,38H,3-13,16-33H2,1-2H3. The van der Waals surface area contributed by atoms with Crippen LogP contribution < -0.4 is 4.74 Å². The van der Waals surface area contributed by atoms with Crippen LogP contribution >= 0.6 is 0 Å². The van der Waals surface area contributed by atoms with E-state index < -0.39 is 0 Å². The molecule has 0 radical (unpaired) electrons. The van der Waals surface area contributed by atoms with Gasteiger partial charge in [0.25, 0.3) is 0 Å². The molecule has 0 aliphatic heterocycles. The monoisotopic (exact) mass is 672 g/mol. The lowest BCUT2D eigenvalue weighted by Gasteiger charge is -2.11. The summed E-state index contributed by atoms with van der Waals surface area (Å²) >= 11 is 0. The Balaban J connectivity index is 1.79. The van der Waals surface area contributed by atoms with Crippen LogP contribution in [0.25, 0.3) is 0 Å². The summed E-state index contributed by atoms with van der Waals surface area (Å²) < 4.78 is 49.4. The first-order valence-corrected chi connectivity index (χ1v) is 18.2. The first-order valence-electron chi connectivity index (χ1n) is 18.2. The predicted octanol–water partition coefficient (Wildman–Crippen LogP) is 5.96. The van der Waals surface area contributed by atoms with Gasteiger partial charge in [-0.15, -0.1) is 0 Å². The topological polar surface area (TPSA) is 103 Å². The molecule has 1 aromatic rings. The fraction of sp³-hybridized carbons (Fsp3) is 0.838. The fourth-order valence-corrected chi connectivity index (χ4v) is 4.76. The Hall–Kier alpha value is -1.34. The van der Waals surface area contributed by atoms with Crippen LogP contribution in [0.15, 0.2) is 18.2 Å². The van der Waals surface area contributed by atoms with Crippen molar-refractivity contribution in [2.45, 2.75) is 84.5 Å². The van der Waals surface area contributed by atoms with Crippen LogP contribution in [0.5, 0.6) is 5.75 Å². The van der Waals surface area contributed by atoms with Crippen LogP contribution in [0.1, 0.15) is 82.3 Å². The Bertz CT molecular complexity index is 767. The van der Waals surface area contributed by atoms with Crippen molar-refractivity contribution >= 4 is 0 Å². The molecule has 1 aromatic carbocycles. The van der Waals surface area contributed by atoms with Crippen molar-refractivity contribution in [3.8, 4) is 5.75 Å². The molecule has 0 fully saturated rings. The van der Waals surface area contributed by atoms with E-state index in [9.17, 15) is 0 Å². The number of unbranched alkanes of at least 4 members (excludes halogenated alkanes) is 9. The second kappa shape index (κ2) is 36.0. The van der Waals surface area contributed by atoms with E-state index in [4.69, 9.17) is 47.7 Å². The SMILES string of the molecule is CCCCCCCCCCCCc1ccc(OCCOCCOCCOCCOCCOCCOCCOCCOCCO)c(C)c1. The third kappa shape index (κ3) is 30.5. The van der Waals surface area contributed by atoms with Crippen molar-refractivity contribution in [1.82, 2.24) is 0 Å². The lowest BCUT2D eigenvalue weighted by molar-refractivity contribution is -0.0242. The summed E-state index contributed by atoms with van der Waals surface area (Å²) in [5.74, 6) is 0.937. The Morgan fingerprint density at radius 1 is 0.447 bits per heavy atom. The zero-order valence-corrected chi connectivity index (χ0v) is 29.9. The van der Waals surface area contributed by atoms with Gasteiger partial charge in [0.2, 0.25) is 0 Å². The molecular formula is C37H68O10. The van der Waals surface area contributed by atoms with E-state index in [1.54, 1.807) is 0 Å². The van der Waals surface area contributed by atoms with Crippen molar-refractivity contribution in [2.24, 2.45) is 0 Å². The summed E-state index contributed by atoms with van der Waals surface area (Å²) in [6, 6.07) is 6.57. The molecule has 1 rings (SSSR count). The Morgan fingerprint density at radius 2 is 0.809 bits per heavy atom. The van der Waals surface area contributed by atoms with E-state index in [-0.39, 0.29) is 6.61 Å². The first-order chi connectivity index (χ1) is 23.3. The number of aryl methyl sites for hydroxylation is 2. The van der Waals surface area contributed by atoms with Gasteiger partial charge in [-0.25, -0.2) is 0 Å². The van der Waals surface area contributed by atoms with E-state index in [1.165, 1.54) is 75.3 Å². The highest BCUT2D eigenvalue weighted by Gasteiger charge is 2.03. The molecule has 276 valence electrons. The van der Waals surface area contributed by atoms with Gasteiger partial charge in [0.1, 0.15) is 12.4 Å². The molecule has 0 aliphatic rings. The lowest BCUT2D eigenvalue weighted by atomic mass is 10.0. The zero-order chi connectivity index (χ0) is 33.7. The summed E-state index contributed by atoms with van der Waals surface area (Å²) in [6.07, 6.45) is 14.9. The molecular weight excluding hydrogens is 604 g/mol. The molecule has 0 unspecified atom stereocenters. The number of rotatable bonds is 38. The highest BCUT2D eigenvalue weighted by Crippen LogP contribution is 2.21. The molecule has 10 heteroatoms. The summed E-state index contributed by atoms with van der Waals surface area (Å²) in [5, 5.41) is 8.59. The number of benzene rings is 1. The number of ether oxygens (including phenoxy) is 9. The molecule has 0 atom stereocenters. The number of hydrogen-bond acceptors (Lipinski definition) is 10. The molecule has 1 N–H and O–H groups in total. The van der Waals surface area contributed by atoms with Crippen LogP contribution in [-0.2, 0) is 44.3 Å². The van der Waals surface area contributed by atoms with Gasteiger partial charge >= 0.3 is 0 Å². The van der Waals surface area contributed by atoms with Crippen LogP contribution in [0.4, 0.5) is 0 Å². The van der Waals surface area contributed by atoms with E-state index >= 15 is 0 Å². The first kappa shape index (κ1) is 43.7. The van der Waals surface area contributed by atoms with Gasteiger partial charge in [-0.2, -0.15) is 0 Å². The van der Waals surface area contributed by atoms with Crippen LogP contribution in [0.2, 0.25) is 0 Å². The summed E-state index contributed by atoms with van der Waals surface area (Å²) in [5.41, 5.74) is 2.59. The molecule has 0 bridgehead atoms. The maximum atomic E-state index is 8.59. The second-order valence-electron chi connectivity index (χ2n) is 11.5. The maximum Gasteiger partial charge on any atom is 0.122 e. The molecule has 10 nitrogen and oxygen atoms in total. The number of aliphatic hydroxyl groups excluding tert-OH is 1. The van der Waals surface area contributed by atoms with Gasteiger partial charge in [0, 0.05) is 0 Å². The zero-order valence-electron chi connectivity index (χ0n) is 29.9. The predicted molar refractivity (Wildman–Crippen MR) is 186 cm³/mol. The van der Waals surface area contributed by atoms with Crippen LogP contribution in [0, 0.1) is 6.92 Å². The van der Waals surface area contributed by atoms with Crippen molar-refractivity contribution < 1.29 is 47.7 Å². The van der Waals surface area contributed by atoms with Crippen LogP contribution in [-0.4, -0.2) is 124 Å². The highest BCUT2D eigenvalue weighted by molar-refractivity contribution is 5.36. The normalized spacial score (nSPS) is 11.5. The van der Waals surface area contributed by atoms with E-state index in [0.29, 0.717) is 112 Å². The largest absolute Gasteiger partial charge is 0.491 e. The Kier molecular flexibility index (Phi) is 33.4. The minimum atomic E-state index is 0.0297. The highest BCUT2D eigenvalue weighted by atomic mass is 16.6. The molecule has 0 saturated heterocycles. The van der Waals surface area contributed by atoms with Crippen molar-refractivity contribution in [3.63, 3.8) is 0 Å². The smallest absolute Gasteiger partial charge is 0.122 e. The van der Waals surface area contributed by atoms with Gasteiger partial charge in [0.05, 0.1) is 112 Å². The molecule has 0 amide bonds. The Morgan fingerprint density at radius 3 is 1.19 bits per heavy atom. The van der Waals surface area contributed by atoms with Gasteiger partial charge in [-0.05, 0) is 37.0 Å².